The Bertz CT molecular complexity index is 419. The summed E-state index contributed by atoms with van der Waals surface area (Å²) < 4.78 is 11.3. The van der Waals surface area contributed by atoms with E-state index in [0.717, 1.165) is 44.5 Å². The zero-order valence-corrected chi connectivity index (χ0v) is 13.9. The lowest BCUT2D eigenvalue weighted by Crippen LogP contribution is -2.35. The minimum Gasteiger partial charge on any atom is -0.468 e. The van der Waals surface area contributed by atoms with Gasteiger partial charge in [-0.1, -0.05) is 0 Å². The highest BCUT2D eigenvalue weighted by molar-refractivity contribution is 5.17. The molecule has 0 amide bonds. The fourth-order valence-electron chi connectivity index (χ4n) is 2.10. The van der Waals surface area contributed by atoms with Crippen LogP contribution in [0, 0.1) is 5.92 Å². The van der Waals surface area contributed by atoms with Gasteiger partial charge in [0.2, 0.25) is 0 Å². The van der Waals surface area contributed by atoms with Crippen LogP contribution >= 0.6 is 0 Å². The molecule has 4 nitrogen and oxygen atoms in total. The van der Waals surface area contributed by atoms with Gasteiger partial charge in [0.05, 0.1) is 19.4 Å². The molecule has 0 aliphatic heterocycles. The Morgan fingerprint density at radius 1 is 1.38 bits per heavy atom. The zero-order valence-electron chi connectivity index (χ0n) is 13.9. The highest BCUT2D eigenvalue weighted by atomic mass is 16.5. The van der Waals surface area contributed by atoms with Gasteiger partial charge >= 0.3 is 0 Å². The first-order chi connectivity index (χ1) is 9.94. The lowest BCUT2D eigenvalue weighted by Gasteiger charge is -2.21. The third-order valence-electron chi connectivity index (χ3n) is 3.73. The first-order valence-corrected chi connectivity index (χ1v) is 8.00. The van der Waals surface area contributed by atoms with Crippen LogP contribution in [0.4, 0.5) is 0 Å². The lowest BCUT2D eigenvalue weighted by atomic mass is 10.1. The maximum atomic E-state index is 5.69. The molecule has 1 fully saturated rings. The van der Waals surface area contributed by atoms with Crippen molar-refractivity contribution in [1.82, 2.24) is 10.2 Å². The molecule has 1 aliphatic carbocycles. The largest absolute Gasteiger partial charge is 0.468 e. The zero-order chi connectivity index (χ0) is 15.3. The third-order valence-corrected chi connectivity index (χ3v) is 3.73. The molecule has 0 spiro atoms. The topological polar surface area (TPSA) is 37.6 Å². The molecule has 0 radical (unpaired) electrons. The van der Waals surface area contributed by atoms with E-state index < -0.39 is 0 Å². The SMILES string of the molecule is CN(CCOCC1CC1)Cc1occc1CNC(C)(C)C. The number of ether oxygens (including phenoxy) is 1. The molecule has 0 saturated heterocycles. The van der Waals surface area contributed by atoms with E-state index in [0.29, 0.717) is 0 Å². The Hall–Kier alpha value is -0.840. The minimum absolute atomic E-state index is 0.122. The second kappa shape index (κ2) is 7.43. The summed E-state index contributed by atoms with van der Waals surface area (Å²) in [5.41, 5.74) is 1.37. The molecule has 0 aromatic carbocycles. The van der Waals surface area contributed by atoms with Gasteiger partial charge in [-0.3, -0.25) is 4.90 Å². The molecule has 0 unspecified atom stereocenters. The number of rotatable bonds is 9. The summed E-state index contributed by atoms with van der Waals surface area (Å²) in [6, 6.07) is 2.06. The first kappa shape index (κ1) is 16.5. The van der Waals surface area contributed by atoms with E-state index in [1.165, 1.54) is 18.4 Å². The molecule has 1 N–H and O–H groups in total. The van der Waals surface area contributed by atoms with Crippen molar-refractivity contribution in [3.8, 4) is 0 Å². The standard InChI is InChI=1S/C17H30N2O2/c1-17(2,3)18-11-15-7-9-21-16(15)12-19(4)8-10-20-13-14-5-6-14/h7,9,14,18H,5-6,8,10-13H2,1-4H3. The summed E-state index contributed by atoms with van der Waals surface area (Å²) in [6.07, 6.45) is 4.49. The number of likely N-dealkylation sites (N-methyl/N-ethyl adjacent to an activating group) is 1. The number of furan rings is 1. The van der Waals surface area contributed by atoms with Crippen LogP contribution < -0.4 is 5.32 Å². The maximum Gasteiger partial charge on any atom is 0.122 e. The van der Waals surface area contributed by atoms with Crippen LogP contribution in [-0.4, -0.2) is 37.2 Å². The molecule has 1 heterocycles. The molecule has 1 aromatic heterocycles. The summed E-state index contributed by atoms with van der Waals surface area (Å²) in [7, 11) is 2.12. The predicted octanol–water partition coefficient (Wildman–Crippen LogP) is 3.03. The molecular formula is C17H30N2O2. The average molecular weight is 294 g/mol. The van der Waals surface area contributed by atoms with E-state index in [4.69, 9.17) is 9.15 Å². The van der Waals surface area contributed by atoms with Gasteiger partial charge in [-0.25, -0.2) is 0 Å². The van der Waals surface area contributed by atoms with Crippen LogP contribution in [0.1, 0.15) is 44.9 Å². The quantitative estimate of drug-likeness (QED) is 0.710. The van der Waals surface area contributed by atoms with Crippen LogP contribution in [0.15, 0.2) is 16.7 Å². The maximum absolute atomic E-state index is 5.69. The second-order valence-electron chi connectivity index (χ2n) is 7.23. The third kappa shape index (κ3) is 6.64. The van der Waals surface area contributed by atoms with Gasteiger partial charge in [-0.05, 0) is 52.6 Å². The molecule has 1 saturated carbocycles. The van der Waals surface area contributed by atoms with Crippen molar-refractivity contribution in [3.63, 3.8) is 0 Å². The molecule has 21 heavy (non-hydrogen) atoms. The highest BCUT2D eigenvalue weighted by Gasteiger charge is 2.21. The van der Waals surface area contributed by atoms with E-state index in [-0.39, 0.29) is 5.54 Å². The van der Waals surface area contributed by atoms with Crippen molar-refractivity contribution in [3.05, 3.63) is 23.7 Å². The van der Waals surface area contributed by atoms with E-state index in [1.807, 2.05) is 0 Å². The smallest absolute Gasteiger partial charge is 0.122 e. The van der Waals surface area contributed by atoms with Crippen molar-refractivity contribution >= 4 is 0 Å². The van der Waals surface area contributed by atoms with Gasteiger partial charge in [-0.2, -0.15) is 0 Å². The lowest BCUT2D eigenvalue weighted by molar-refractivity contribution is 0.0999. The van der Waals surface area contributed by atoms with Gasteiger partial charge < -0.3 is 14.5 Å². The summed E-state index contributed by atoms with van der Waals surface area (Å²) >= 11 is 0. The molecule has 0 atom stereocenters. The summed E-state index contributed by atoms with van der Waals surface area (Å²) in [5.74, 6) is 1.90. The van der Waals surface area contributed by atoms with E-state index in [9.17, 15) is 0 Å². The van der Waals surface area contributed by atoms with Crippen LogP contribution in [0.25, 0.3) is 0 Å². The highest BCUT2D eigenvalue weighted by Crippen LogP contribution is 2.28. The Labute approximate surface area is 128 Å². The molecule has 1 aromatic rings. The number of nitrogens with zero attached hydrogens (tertiary/aromatic N) is 1. The Morgan fingerprint density at radius 2 is 2.14 bits per heavy atom. The Kier molecular flexibility index (Phi) is 5.85. The minimum atomic E-state index is 0.122. The van der Waals surface area contributed by atoms with E-state index in [2.05, 4.69) is 44.1 Å². The summed E-state index contributed by atoms with van der Waals surface area (Å²) in [6.45, 7) is 10.9. The number of hydrogen-bond donors (Lipinski definition) is 1. The monoisotopic (exact) mass is 294 g/mol. The van der Waals surface area contributed by atoms with Crippen molar-refractivity contribution in [1.29, 1.82) is 0 Å². The van der Waals surface area contributed by atoms with Gasteiger partial charge in [0, 0.05) is 30.8 Å². The molecule has 2 rings (SSSR count). The Balaban J connectivity index is 1.69. The normalized spacial score (nSPS) is 15.9. The number of hydrogen-bond acceptors (Lipinski definition) is 4. The van der Waals surface area contributed by atoms with Crippen LogP contribution in [-0.2, 0) is 17.8 Å². The summed E-state index contributed by atoms with van der Waals surface area (Å²) in [5, 5.41) is 3.51. The molecule has 4 heteroatoms. The molecule has 1 aliphatic rings. The van der Waals surface area contributed by atoms with Crippen molar-refractivity contribution in [2.45, 2.75) is 52.2 Å². The van der Waals surface area contributed by atoms with E-state index >= 15 is 0 Å². The molecule has 120 valence electrons. The number of nitrogens with one attached hydrogen (secondary N) is 1. The second-order valence-corrected chi connectivity index (χ2v) is 7.23. The van der Waals surface area contributed by atoms with Crippen LogP contribution in [0.2, 0.25) is 0 Å². The molecule has 0 bridgehead atoms. The fourth-order valence-corrected chi connectivity index (χ4v) is 2.10. The summed E-state index contributed by atoms with van der Waals surface area (Å²) in [4.78, 5) is 2.26. The fraction of sp³-hybridized carbons (Fsp3) is 0.765. The van der Waals surface area contributed by atoms with Gasteiger partial charge in [0.1, 0.15) is 5.76 Å². The first-order valence-electron chi connectivity index (χ1n) is 8.00. The average Bonchev–Trinajstić information content (AvgIpc) is 3.11. The van der Waals surface area contributed by atoms with Crippen LogP contribution in [0.3, 0.4) is 0 Å². The predicted molar refractivity (Wildman–Crippen MR) is 85.2 cm³/mol. The van der Waals surface area contributed by atoms with E-state index in [1.54, 1.807) is 6.26 Å². The van der Waals surface area contributed by atoms with Crippen molar-refractivity contribution in [2.24, 2.45) is 5.92 Å². The molecular weight excluding hydrogens is 264 g/mol. The Morgan fingerprint density at radius 3 is 2.81 bits per heavy atom. The van der Waals surface area contributed by atoms with Gasteiger partial charge in [0.15, 0.2) is 0 Å². The van der Waals surface area contributed by atoms with Gasteiger partial charge in [-0.15, -0.1) is 0 Å². The van der Waals surface area contributed by atoms with Crippen molar-refractivity contribution < 1.29 is 9.15 Å². The van der Waals surface area contributed by atoms with Gasteiger partial charge in [0.25, 0.3) is 0 Å². The van der Waals surface area contributed by atoms with Crippen molar-refractivity contribution in [2.75, 3.05) is 26.8 Å². The van der Waals surface area contributed by atoms with Crippen LogP contribution in [0.5, 0.6) is 0 Å².